The van der Waals surface area contributed by atoms with E-state index in [4.69, 9.17) is 4.98 Å². The van der Waals surface area contributed by atoms with Crippen molar-refractivity contribution in [2.24, 2.45) is 11.8 Å². The number of unbranched alkanes of at least 4 members (excludes halogenated alkanes) is 1. The van der Waals surface area contributed by atoms with Gasteiger partial charge >= 0.3 is 0 Å². The van der Waals surface area contributed by atoms with Gasteiger partial charge in [0.15, 0.2) is 0 Å². The number of carbonyl (C=O) groups excluding carboxylic acids is 1. The lowest BCUT2D eigenvalue weighted by atomic mass is 9.95. The summed E-state index contributed by atoms with van der Waals surface area (Å²) in [5.41, 5.74) is 2.53. The molecule has 1 aromatic carbocycles. The summed E-state index contributed by atoms with van der Waals surface area (Å²) in [5, 5.41) is 4.25. The van der Waals surface area contributed by atoms with Crippen LogP contribution in [0.1, 0.15) is 69.3 Å². The summed E-state index contributed by atoms with van der Waals surface area (Å²) in [7, 11) is 0. The molecular formula is C24H36N4OS. The molecule has 30 heavy (non-hydrogen) atoms. The molecule has 5 nitrogen and oxygen atoms in total. The molecule has 1 saturated heterocycles. The third kappa shape index (κ3) is 6.53. The number of benzene rings is 1. The van der Waals surface area contributed by atoms with Crippen LogP contribution in [-0.2, 0) is 11.2 Å². The van der Waals surface area contributed by atoms with Crippen LogP contribution in [0.15, 0.2) is 24.3 Å². The Hall–Kier alpha value is -1.95. The molecule has 0 radical (unpaired) electrons. The van der Waals surface area contributed by atoms with Crippen molar-refractivity contribution in [1.82, 2.24) is 14.7 Å². The Morgan fingerprint density at radius 1 is 1.23 bits per heavy atom. The third-order valence-corrected chi connectivity index (χ3v) is 6.97. The summed E-state index contributed by atoms with van der Waals surface area (Å²) in [6, 6.07) is 8.58. The molecule has 1 fully saturated rings. The molecule has 0 saturated carbocycles. The molecule has 1 N–H and O–H groups in total. The number of anilines is 1. The molecule has 0 unspecified atom stereocenters. The number of amides is 1. The maximum atomic E-state index is 12.4. The average Bonchev–Trinajstić information content (AvgIpc) is 3.23. The van der Waals surface area contributed by atoms with Gasteiger partial charge in [-0.25, -0.2) is 4.98 Å². The van der Waals surface area contributed by atoms with Crippen molar-refractivity contribution in [2.75, 3.05) is 24.5 Å². The largest absolute Gasteiger partial charge is 0.356 e. The van der Waals surface area contributed by atoms with E-state index in [1.165, 1.54) is 22.7 Å². The van der Waals surface area contributed by atoms with Gasteiger partial charge in [0.1, 0.15) is 5.82 Å². The van der Waals surface area contributed by atoms with Gasteiger partial charge in [0.05, 0.1) is 0 Å². The molecule has 0 spiro atoms. The Balaban J connectivity index is 1.42. The molecule has 1 atom stereocenters. The predicted octanol–water partition coefficient (Wildman–Crippen LogP) is 4.99. The summed E-state index contributed by atoms with van der Waals surface area (Å²) >= 11 is 1.51. The Morgan fingerprint density at radius 2 is 1.97 bits per heavy atom. The number of aromatic nitrogens is 2. The SMILES string of the molecule is CCCC[C@@H](CC)C(=O)NCC1CCN(c2nc(Cc3ccc(C)cc3)ns2)CC1. The molecule has 164 valence electrons. The van der Waals surface area contributed by atoms with Crippen LogP contribution in [0.3, 0.4) is 0 Å². The van der Waals surface area contributed by atoms with Crippen LogP contribution < -0.4 is 10.2 Å². The topological polar surface area (TPSA) is 58.1 Å². The number of rotatable bonds is 10. The molecule has 2 heterocycles. The van der Waals surface area contributed by atoms with Gasteiger partial charge in [-0.15, -0.1) is 0 Å². The van der Waals surface area contributed by atoms with Crippen LogP contribution in [0, 0.1) is 18.8 Å². The number of carbonyl (C=O) groups is 1. The van der Waals surface area contributed by atoms with Gasteiger partial charge in [-0.1, -0.05) is 56.5 Å². The first-order valence-electron chi connectivity index (χ1n) is 11.5. The maximum absolute atomic E-state index is 12.4. The Labute approximate surface area is 185 Å². The highest BCUT2D eigenvalue weighted by atomic mass is 32.1. The van der Waals surface area contributed by atoms with Gasteiger partial charge in [0.2, 0.25) is 11.0 Å². The zero-order valence-corrected chi connectivity index (χ0v) is 19.5. The zero-order valence-electron chi connectivity index (χ0n) is 18.7. The number of nitrogens with zero attached hydrogens (tertiary/aromatic N) is 3. The van der Waals surface area contributed by atoms with Crippen molar-refractivity contribution >= 4 is 22.6 Å². The molecule has 1 aliphatic heterocycles. The lowest BCUT2D eigenvalue weighted by Crippen LogP contribution is -2.40. The fraction of sp³-hybridized carbons (Fsp3) is 0.625. The molecule has 2 aromatic rings. The lowest BCUT2D eigenvalue weighted by molar-refractivity contribution is -0.125. The van der Waals surface area contributed by atoms with Gasteiger partial charge in [0, 0.05) is 43.5 Å². The number of hydrogen-bond donors (Lipinski definition) is 1. The van der Waals surface area contributed by atoms with E-state index in [0.29, 0.717) is 5.92 Å². The summed E-state index contributed by atoms with van der Waals surface area (Å²) in [5.74, 6) is 1.90. The van der Waals surface area contributed by atoms with Gasteiger partial charge in [-0.2, -0.15) is 4.37 Å². The minimum Gasteiger partial charge on any atom is -0.356 e. The number of nitrogens with one attached hydrogen (secondary N) is 1. The second-order valence-corrected chi connectivity index (χ2v) is 9.31. The Morgan fingerprint density at radius 3 is 2.63 bits per heavy atom. The van der Waals surface area contributed by atoms with E-state index >= 15 is 0 Å². The van der Waals surface area contributed by atoms with Crippen molar-refractivity contribution < 1.29 is 4.79 Å². The zero-order chi connectivity index (χ0) is 21.3. The van der Waals surface area contributed by atoms with Crippen LogP contribution in [0.25, 0.3) is 0 Å². The summed E-state index contributed by atoms with van der Waals surface area (Å²) in [6.07, 6.45) is 7.22. The van der Waals surface area contributed by atoms with Crippen LogP contribution in [0.2, 0.25) is 0 Å². The van der Waals surface area contributed by atoms with Crippen LogP contribution in [-0.4, -0.2) is 34.9 Å². The first kappa shape index (κ1) is 22.7. The fourth-order valence-electron chi connectivity index (χ4n) is 4.02. The Bertz CT molecular complexity index is 781. The molecular weight excluding hydrogens is 392 g/mol. The van der Waals surface area contributed by atoms with Crippen molar-refractivity contribution in [2.45, 2.75) is 65.7 Å². The summed E-state index contributed by atoms with van der Waals surface area (Å²) < 4.78 is 4.57. The van der Waals surface area contributed by atoms with Crippen LogP contribution in [0.5, 0.6) is 0 Å². The molecule has 3 rings (SSSR count). The smallest absolute Gasteiger partial charge is 0.223 e. The molecule has 0 aliphatic carbocycles. The fourth-order valence-corrected chi connectivity index (χ4v) is 4.76. The highest BCUT2D eigenvalue weighted by Gasteiger charge is 2.23. The first-order valence-corrected chi connectivity index (χ1v) is 12.3. The highest BCUT2D eigenvalue weighted by Crippen LogP contribution is 2.25. The van der Waals surface area contributed by atoms with E-state index in [1.807, 2.05) is 0 Å². The van der Waals surface area contributed by atoms with Gasteiger partial charge in [0.25, 0.3) is 0 Å². The predicted molar refractivity (Wildman–Crippen MR) is 125 cm³/mol. The third-order valence-electron chi connectivity index (χ3n) is 6.16. The van der Waals surface area contributed by atoms with E-state index in [0.717, 1.165) is 75.5 Å². The second kappa shape index (κ2) is 11.4. The monoisotopic (exact) mass is 428 g/mol. The molecule has 6 heteroatoms. The minimum atomic E-state index is 0.179. The van der Waals surface area contributed by atoms with Gasteiger partial charge < -0.3 is 10.2 Å². The van der Waals surface area contributed by atoms with Crippen molar-refractivity contribution in [1.29, 1.82) is 0 Å². The van der Waals surface area contributed by atoms with E-state index < -0.39 is 0 Å². The molecule has 1 amide bonds. The van der Waals surface area contributed by atoms with E-state index in [1.54, 1.807) is 0 Å². The molecule has 1 aromatic heterocycles. The second-order valence-electron chi connectivity index (χ2n) is 8.58. The number of piperidine rings is 1. The van der Waals surface area contributed by atoms with E-state index in [-0.39, 0.29) is 11.8 Å². The summed E-state index contributed by atoms with van der Waals surface area (Å²) in [6.45, 7) is 9.20. The standard InChI is InChI=1S/C24H36N4OS/c1-4-6-7-21(5-2)23(29)25-17-20-12-14-28(15-13-20)24-26-22(27-30-24)16-19-10-8-18(3)9-11-19/h8-11,20-21H,4-7,12-17H2,1-3H3,(H,25,29)/t21-/m1/s1. The lowest BCUT2D eigenvalue weighted by Gasteiger charge is -2.31. The van der Waals surface area contributed by atoms with E-state index in [2.05, 4.69) is 59.6 Å². The first-order chi connectivity index (χ1) is 14.6. The minimum absolute atomic E-state index is 0.179. The molecule has 1 aliphatic rings. The van der Waals surface area contributed by atoms with Gasteiger partial charge in [-0.05, 0) is 44.1 Å². The van der Waals surface area contributed by atoms with Gasteiger partial charge in [-0.3, -0.25) is 4.79 Å². The van der Waals surface area contributed by atoms with E-state index in [9.17, 15) is 4.79 Å². The highest BCUT2D eigenvalue weighted by molar-refractivity contribution is 7.09. The van der Waals surface area contributed by atoms with Crippen molar-refractivity contribution in [3.8, 4) is 0 Å². The van der Waals surface area contributed by atoms with Crippen molar-refractivity contribution in [3.63, 3.8) is 0 Å². The summed E-state index contributed by atoms with van der Waals surface area (Å²) in [4.78, 5) is 19.6. The Kier molecular flexibility index (Phi) is 8.67. The maximum Gasteiger partial charge on any atom is 0.223 e. The molecule has 0 bridgehead atoms. The average molecular weight is 429 g/mol. The van der Waals surface area contributed by atoms with Crippen LogP contribution >= 0.6 is 11.5 Å². The quantitative estimate of drug-likeness (QED) is 0.579. The number of hydrogen-bond acceptors (Lipinski definition) is 5. The van der Waals surface area contributed by atoms with Crippen molar-refractivity contribution in [3.05, 3.63) is 41.2 Å². The number of aryl methyl sites for hydroxylation is 1. The normalized spacial score (nSPS) is 15.9. The van der Waals surface area contributed by atoms with Crippen LogP contribution in [0.4, 0.5) is 5.13 Å².